The standard InChI is InChI=1S/C18H23NO5/c1-21-14-9-18(24-10-14)5-2-6-19(11-18)17(20)8-13-3-4-15-16(7-13)23-12-22-15/h3-4,7,14H,2,5-6,8-12H2,1H3/t14-,18-/m0/s1. The highest BCUT2D eigenvalue weighted by Crippen LogP contribution is 2.36. The number of hydrogen-bond donors (Lipinski definition) is 0. The zero-order valence-electron chi connectivity index (χ0n) is 14.0. The molecule has 0 unspecified atom stereocenters. The molecular formula is C18H23NO5. The van der Waals surface area contributed by atoms with Gasteiger partial charge in [-0.2, -0.15) is 0 Å². The third-order valence-electron chi connectivity index (χ3n) is 5.19. The highest BCUT2D eigenvalue weighted by Gasteiger charge is 2.44. The van der Waals surface area contributed by atoms with E-state index in [1.54, 1.807) is 7.11 Å². The van der Waals surface area contributed by atoms with E-state index in [0.717, 1.165) is 42.9 Å². The Morgan fingerprint density at radius 1 is 1.38 bits per heavy atom. The Balaban J connectivity index is 1.41. The summed E-state index contributed by atoms with van der Waals surface area (Å²) in [6.45, 7) is 2.34. The Hall–Kier alpha value is -1.79. The quantitative estimate of drug-likeness (QED) is 0.843. The van der Waals surface area contributed by atoms with Crippen LogP contribution < -0.4 is 9.47 Å². The number of carbonyl (C=O) groups excluding carboxylic acids is 1. The van der Waals surface area contributed by atoms with Crippen molar-refractivity contribution in [3.05, 3.63) is 23.8 Å². The monoisotopic (exact) mass is 333 g/mol. The van der Waals surface area contributed by atoms with Gasteiger partial charge in [0.2, 0.25) is 12.7 Å². The minimum Gasteiger partial charge on any atom is -0.454 e. The molecule has 1 aromatic carbocycles. The topological polar surface area (TPSA) is 57.2 Å². The number of benzene rings is 1. The Labute approximate surface area is 141 Å². The lowest BCUT2D eigenvalue weighted by atomic mass is 9.89. The van der Waals surface area contributed by atoms with Gasteiger partial charge in [0.05, 0.1) is 24.7 Å². The van der Waals surface area contributed by atoms with Gasteiger partial charge in [0, 0.05) is 26.6 Å². The Morgan fingerprint density at radius 3 is 3.08 bits per heavy atom. The smallest absolute Gasteiger partial charge is 0.231 e. The molecule has 0 radical (unpaired) electrons. The van der Waals surface area contributed by atoms with Crippen LogP contribution in [0.2, 0.25) is 0 Å². The lowest BCUT2D eigenvalue weighted by molar-refractivity contribution is -0.138. The van der Waals surface area contributed by atoms with Crippen LogP contribution in [-0.4, -0.2) is 56.1 Å². The van der Waals surface area contributed by atoms with Crippen LogP contribution in [0.3, 0.4) is 0 Å². The molecule has 4 rings (SSSR count). The van der Waals surface area contributed by atoms with Gasteiger partial charge in [-0.05, 0) is 30.5 Å². The molecule has 130 valence electrons. The molecule has 1 amide bonds. The van der Waals surface area contributed by atoms with Gasteiger partial charge in [-0.3, -0.25) is 4.79 Å². The molecular weight excluding hydrogens is 310 g/mol. The van der Waals surface area contributed by atoms with Crippen molar-refractivity contribution in [2.45, 2.75) is 37.4 Å². The number of nitrogens with zero attached hydrogens (tertiary/aromatic N) is 1. The maximum Gasteiger partial charge on any atom is 0.231 e. The van der Waals surface area contributed by atoms with E-state index in [1.807, 2.05) is 23.1 Å². The third kappa shape index (κ3) is 2.96. The van der Waals surface area contributed by atoms with Gasteiger partial charge in [0.15, 0.2) is 11.5 Å². The first-order chi connectivity index (χ1) is 11.7. The molecule has 1 spiro atoms. The van der Waals surface area contributed by atoms with Gasteiger partial charge in [-0.15, -0.1) is 0 Å². The van der Waals surface area contributed by atoms with Crippen molar-refractivity contribution in [1.29, 1.82) is 0 Å². The van der Waals surface area contributed by atoms with Crippen molar-refractivity contribution in [1.82, 2.24) is 4.90 Å². The SMILES string of the molecule is CO[C@@H]1CO[C@@]2(CCCN(C(=O)Cc3ccc4c(c3)OCO4)C2)C1. The molecule has 6 nitrogen and oxygen atoms in total. The first-order valence-electron chi connectivity index (χ1n) is 8.50. The predicted octanol–water partition coefficient (Wildman–Crippen LogP) is 1.75. The normalized spacial score (nSPS) is 28.5. The van der Waals surface area contributed by atoms with Crippen molar-refractivity contribution < 1.29 is 23.7 Å². The lowest BCUT2D eigenvalue weighted by Gasteiger charge is -2.39. The maximum absolute atomic E-state index is 12.7. The fourth-order valence-corrected chi connectivity index (χ4v) is 3.89. The molecule has 0 aliphatic carbocycles. The highest BCUT2D eigenvalue weighted by atomic mass is 16.7. The largest absolute Gasteiger partial charge is 0.454 e. The van der Waals surface area contributed by atoms with Gasteiger partial charge < -0.3 is 23.8 Å². The first-order valence-corrected chi connectivity index (χ1v) is 8.50. The fraction of sp³-hybridized carbons (Fsp3) is 0.611. The molecule has 0 bridgehead atoms. The van der Waals surface area contributed by atoms with E-state index >= 15 is 0 Å². The van der Waals surface area contributed by atoms with Crippen LogP contribution >= 0.6 is 0 Å². The van der Waals surface area contributed by atoms with Crippen molar-refractivity contribution in [2.24, 2.45) is 0 Å². The molecule has 2 atom stereocenters. The van der Waals surface area contributed by atoms with Gasteiger partial charge >= 0.3 is 0 Å². The average molecular weight is 333 g/mol. The van der Waals surface area contributed by atoms with Crippen molar-refractivity contribution in [3.8, 4) is 11.5 Å². The van der Waals surface area contributed by atoms with Crippen molar-refractivity contribution in [3.63, 3.8) is 0 Å². The predicted molar refractivity (Wildman–Crippen MR) is 86.2 cm³/mol. The number of hydrogen-bond acceptors (Lipinski definition) is 5. The van der Waals surface area contributed by atoms with E-state index in [0.29, 0.717) is 19.6 Å². The van der Waals surface area contributed by atoms with Crippen LogP contribution in [-0.2, 0) is 20.7 Å². The van der Waals surface area contributed by atoms with E-state index in [4.69, 9.17) is 18.9 Å². The molecule has 2 fully saturated rings. The number of piperidine rings is 1. The van der Waals surface area contributed by atoms with E-state index in [9.17, 15) is 4.79 Å². The Kier molecular flexibility index (Phi) is 4.10. The van der Waals surface area contributed by atoms with Crippen LogP contribution in [0.4, 0.5) is 0 Å². The van der Waals surface area contributed by atoms with Crippen molar-refractivity contribution in [2.75, 3.05) is 33.6 Å². The number of amides is 1. The van der Waals surface area contributed by atoms with Gasteiger partial charge in [-0.1, -0.05) is 6.07 Å². The van der Waals surface area contributed by atoms with Crippen LogP contribution in [0.15, 0.2) is 18.2 Å². The number of likely N-dealkylation sites (tertiary alicyclic amines) is 1. The molecule has 0 saturated carbocycles. The summed E-state index contributed by atoms with van der Waals surface area (Å²) in [5, 5.41) is 0. The molecule has 0 aromatic heterocycles. The van der Waals surface area contributed by atoms with E-state index < -0.39 is 0 Å². The van der Waals surface area contributed by atoms with Crippen LogP contribution in [0.25, 0.3) is 0 Å². The molecule has 3 heterocycles. The summed E-state index contributed by atoms with van der Waals surface area (Å²) in [6, 6.07) is 5.69. The number of rotatable bonds is 3. The highest BCUT2D eigenvalue weighted by molar-refractivity contribution is 5.79. The lowest BCUT2D eigenvalue weighted by Crippen LogP contribution is -2.50. The molecule has 3 aliphatic rings. The molecule has 0 N–H and O–H groups in total. The van der Waals surface area contributed by atoms with Gasteiger partial charge in [-0.25, -0.2) is 0 Å². The summed E-state index contributed by atoms with van der Waals surface area (Å²) in [4.78, 5) is 14.7. The van der Waals surface area contributed by atoms with E-state index in [-0.39, 0.29) is 24.4 Å². The molecule has 6 heteroatoms. The van der Waals surface area contributed by atoms with Crippen molar-refractivity contribution >= 4 is 5.91 Å². The summed E-state index contributed by atoms with van der Waals surface area (Å²) in [6.07, 6.45) is 3.37. The first kappa shape index (κ1) is 15.7. The molecule has 1 aromatic rings. The average Bonchev–Trinajstić information content (AvgIpc) is 3.21. The van der Waals surface area contributed by atoms with Crippen LogP contribution in [0.5, 0.6) is 11.5 Å². The second-order valence-corrected chi connectivity index (χ2v) is 6.84. The zero-order valence-corrected chi connectivity index (χ0v) is 14.0. The summed E-state index contributed by atoms with van der Waals surface area (Å²) >= 11 is 0. The maximum atomic E-state index is 12.7. The molecule has 3 aliphatic heterocycles. The van der Waals surface area contributed by atoms with Crippen LogP contribution in [0, 0.1) is 0 Å². The number of fused-ring (bicyclic) bond motifs is 1. The summed E-state index contributed by atoms with van der Waals surface area (Å²) in [5.74, 6) is 1.60. The second-order valence-electron chi connectivity index (χ2n) is 6.84. The van der Waals surface area contributed by atoms with E-state index in [2.05, 4.69) is 0 Å². The Bertz CT molecular complexity index is 634. The number of ether oxygens (including phenoxy) is 4. The van der Waals surface area contributed by atoms with Crippen LogP contribution in [0.1, 0.15) is 24.8 Å². The summed E-state index contributed by atoms with van der Waals surface area (Å²) in [7, 11) is 1.72. The third-order valence-corrected chi connectivity index (χ3v) is 5.19. The van der Waals surface area contributed by atoms with Gasteiger partial charge in [0.25, 0.3) is 0 Å². The van der Waals surface area contributed by atoms with E-state index in [1.165, 1.54) is 0 Å². The fourth-order valence-electron chi connectivity index (χ4n) is 3.89. The molecule has 24 heavy (non-hydrogen) atoms. The number of methoxy groups -OCH3 is 1. The minimum atomic E-state index is -0.219. The zero-order chi connectivity index (χ0) is 16.6. The number of carbonyl (C=O) groups is 1. The minimum absolute atomic E-state index is 0.136. The summed E-state index contributed by atoms with van der Waals surface area (Å²) in [5.41, 5.74) is 0.731. The second kappa shape index (κ2) is 6.26. The van der Waals surface area contributed by atoms with Gasteiger partial charge in [0.1, 0.15) is 0 Å². The Morgan fingerprint density at radius 2 is 2.25 bits per heavy atom. The summed E-state index contributed by atoms with van der Waals surface area (Å²) < 4.78 is 22.1. The molecule has 2 saturated heterocycles.